The lowest BCUT2D eigenvalue weighted by molar-refractivity contribution is 0.0515. The lowest BCUT2D eigenvalue weighted by atomic mass is 10.1. The van der Waals surface area contributed by atoms with Gasteiger partial charge in [0.1, 0.15) is 5.56 Å². The number of esters is 2. The van der Waals surface area contributed by atoms with Crippen molar-refractivity contribution < 1.29 is 23.9 Å². The van der Waals surface area contributed by atoms with Crippen LogP contribution in [-0.4, -0.2) is 34.6 Å². The summed E-state index contributed by atoms with van der Waals surface area (Å²) in [7, 11) is 1.47. The summed E-state index contributed by atoms with van der Waals surface area (Å²) in [4.78, 5) is 35.2. The van der Waals surface area contributed by atoms with Crippen LogP contribution in [0.1, 0.15) is 43.7 Å². The average molecular weight is 316 g/mol. The highest BCUT2D eigenvalue weighted by Gasteiger charge is 2.25. The molecule has 7 nitrogen and oxygen atoms in total. The average Bonchev–Trinajstić information content (AvgIpc) is 2.84. The Morgan fingerprint density at radius 1 is 1.22 bits per heavy atom. The predicted octanol–water partition coefficient (Wildman–Crippen LogP) is 1.94. The van der Waals surface area contributed by atoms with Crippen molar-refractivity contribution in [3.63, 3.8) is 0 Å². The molecule has 0 spiro atoms. The van der Waals surface area contributed by atoms with Crippen molar-refractivity contribution in [2.45, 2.75) is 13.8 Å². The Hall–Kier alpha value is -2.96. The van der Waals surface area contributed by atoms with Crippen LogP contribution in [0.4, 0.5) is 0 Å². The molecule has 0 amide bonds. The first-order chi connectivity index (χ1) is 11.0. The molecule has 120 valence electrons. The lowest BCUT2D eigenvalue weighted by Crippen LogP contribution is -2.12. The number of carbonyl (C=O) groups is 3. The molecular weight excluding hydrogens is 300 g/mol. The van der Waals surface area contributed by atoms with Crippen LogP contribution < -0.4 is 4.74 Å². The molecule has 1 aromatic carbocycles. The molecular formula is C16H16N2O5. The quantitative estimate of drug-likeness (QED) is 0.619. The van der Waals surface area contributed by atoms with E-state index in [9.17, 15) is 14.4 Å². The Kier molecular flexibility index (Phi) is 4.90. The van der Waals surface area contributed by atoms with Crippen molar-refractivity contribution in [3.8, 4) is 5.88 Å². The summed E-state index contributed by atoms with van der Waals surface area (Å²) in [6.45, 7) is 3.68. The summed E-state index contributed by atoms with van der Waals surface area (Å²) < 4.78 is 11.2. The smallest absolute Gasteiger partial charge is 0.359 e. The van der Waals surface area contributed by atoms with E-state index in [1.54, 1.807) is 31.2 Å². The van der Waals surface area contributed by atoms with Gasteiger partial charge in [0.2, 0.25) is 5.88 Å². The molecule has 23 heavy (non-hydrogen) atoms. The fourth-order valence-electron chi connectivity index (χ4n) is 1.94. The second-order valence-electron chi connectivity index (χ2n) is 4.78. The maximum Gasteiger partial charge on any atom is 0.359 e. The molecule has 2 aromatic rings. The molecule has 0 unspecified atom stereocenters. The van der Waals surface area contributed by atoms with E-state index in [1.807, 2.05) is 6.92 Å². The van der Waals surface area contributed by atoms with Gasteiger partial charge < -0.3 is 9.47 Å². The molecule has 0 aliphatic heterocycles. The number of aryl methyl sites for hydroxylation is 2. The van der Waals surface area contributed by atoms with Gasteiger partial charge in [0.05, 0.1) is 12.2 Å². The Morgan fingerprint density at radius 3 is 2.43 bits per heavy atom. The van der Waals surface area contributed by atoms with Gasteiger partial charge in [-0.2, -0.15) is 5.10 Å². The van der Waals surface area contributed by atoms with E-state index in [0.717, 1.165) is 10.2 Å². The first-order valence-corrected chi connectivity index (χ1v) is 6.96. The van der Waals surface area contributed by atoms with Crippen molar-refractivity contribution in [2.24, 2.45) is 7.05 Å². The Labute approximate surface area is 132 Å². The summed E-state index contributed by atoms with van der Waals surface area (Å²) in [5, 5.41) is 3.89. The molecule has 0 bridgehead atoms. The van der Waals surface area contributed by atoms with Crippen molar-refractivity contribution in [3.05, 3.63) is 46.6 Å². The third kappa shape index (κ3) is 3.45. The van der Waals surface area contributed by atoms with E-state index in [0.29, 0.717) is 11.8 Å². The predicted molar refractivity (Wildman–Crippen MR) is 80.7 cm³/mol. The molecule has 0 radical (unpaired) electrons. The topological polar surface area (TPSA) is 87.5 Å². The molecule has 0 fully saturated rings. The van der Waals surface area contributed by atoms with Crippen LogP contribution >= 0.6 is 0 Å². The number of aromatic nitrogens is 2. The zero-order chi connectivity index (χ0) is 17.0. The molecule has 2 rings (SSSR count). The molecule has 0 aliphatic rings. The molecule has 0 atom stereocenters. The minimum absolute atomic E-state index is 0.103. The highest BCUT2D eigenvalue weighted by molar-refractivity contribution is 5.99. The highest BCUT2D eigenvalue weighted by Crippen LogP contribution is 2.22. The number of ether oxygens (including phenoxy) is 2. The molecule has 0 aliphatic carbocycles. The number of hydrogen-bond acceptors (Lipinski definition) is 6. The molecule has 0 saturated carbocycles. The van der Waals surface area contributed by atoms with Crippen LogP contribution in [0.5, 0.6) is 5.88 Å². The van der Waals surface area contributed by atoms with E-state index < -0.39 is 11.9 Å². The molecule has 0 saturated heterocycles. The van der Waals surface area contributed by atoms with Crippen LogP contribution in [0.3, 0.4) is 0 Å². The number of carbonyl (C=O) groups excluding carboxylic acids is 3. The minimum atomic E-state index is -0.747. The van der Waals surface area contributed by atoms with E-state index in [1.165, 1.54) is 7.05 Å². The van der Waals surface area contributed by atoms with Gasteiger partial charge >= 0.3 is 11.9 Å². The molecule has 0 N–H and O–H groups in total. The van der Waals surface area contributed by atoms with E-state index in [-0.39, 0.29) is 23.7 Å². The molecule has 1 heterocycles. The van der Waals surface area contributed by atoms with Gasteiger partial charge in [0.15, 0.2) is 12.0 Å². The summed E-state index contributed by atoms with van der Waals surface area (Å²) >= 11 is 0. The molecule has 1 aromatic heterocycles. The number of benzene rings is 1. The van der Waals surface area contributed by atoms with Crippen molar-refractivity contribution in [2.75, 3.05) is 6.61 Å². The summed E-state index contributed by atoms with van der Waals surface area (Å²) in [5.41, 5.74) is 1.02. The lowest BCUT2D eigenvalue weighted by Gasteiger charge is -2.05. The van der Waals surface area contributed by atoms with Crippen LogP contribution in [0.15, 0.2) is 24.3 Å². The normalized spacial score (nSPS) is 10.2. The van der Waals surface area contributed by atoms with Crippen LogP contribution in [0.25, 0.3) is 0 Å². The maximum absolute atomic E-state index is 12.2. The van der Waals surface area contributed by atoms with E-state index in [4.69, 9.17) is 9.47 Å². The fourth-order valence-corrected chi connectivity index (χ4v) is 1.94. The van der Waals surface area contributed by atoms with E-state index >= 15 is 0 Å². The van der Waals surface area contributed by atoms with Gasteiger partial charge in [0, 0.05) is 7.05 Å². The number of rotatable bonds is 5. The van der Waals surface area contributed by atoms with Crippen LogP contribution in [-0.2, 0) is 11.8 Å². The number of nitrogens with zero attached hydrogens (tertiary/aromatic N) is 2. The first kappa shape index (κ1) is 16.4. The number of aldehydes is 1. The fraction of sp³-hybridized carbons (Fsp3) is 0.250. The third-order valence-corrected chi connectivity index (χ3v) is 3.09. The monoisotopic (exact) mass is 316 g/mol. The molecule has 7 heteroatoms. The summed E-state index contributed by atoms with van der Waals surface area (Å²) in [5.74, 6) is -1.50. The van der Waals surface area contributed by atoms with Crippen LogP contribution in [0, 0.1) is 6.92 Å². The summed E-state index contributed by atoms with van der Waals surface area (Å²) in [6, 6.07) is 6.76. The largest absolute Gasteiger partial charge is 0.461 e. The first-order valence-electron chi connectivity index (χ1n) is 6.96. The standard InChI is InChI=1S/C16H16N2O5/c1-4-22-16(21)13-12(9-19)14(18(3)17-13)23-15(20)11-7-5-10(2)6-8-11/h5-9H,4H2,1-3H3. The Bertz CT molecular complexity index is 747. The van der Waals surface area contributed by atoms with Gasteiger partial charge in [-0.05, 0) is 26.0 Å². The second kappa shape index (κ2) is 6.87. The van der Waals surface area contributed by atoms with Crippen molar-refractivity contribution in [1.82, 2.24) is 9.78 Å². The third-order valence-electron chi connectivity index (χ3n) is 3.09. The van der Waals surface area contributed by atoms with Gasteiger partial charge in [0.25, 0.3) is 0 Å². The zero-order valence-corrected chi connectivity index (χ0v) is 13.0. The zero-order valence-electron chi connectivity index (χ0n) is 13.0. The van der Waals surface area contributed by atoms with Crippen LogP contribution in [0.2, 0.25) is 0 Å². The number of hydrogen-bond donors (Lipinski definition) is 0. The summed E-state index contributed by atoms with van der Waals surface area (Å²) in [6.07, 6.45) is 0.414. The van der Waals surface area contributed by atoms with Crippen molar-refractivity contribution >= 4 is 18.2 Å². The van der Waals surface area contributed by atoms with E-state index in [2.05, 4.69) is 5.10 Å². The van der Waals surface area contributed by atoms with Gasteiger partial charge in [-0.25, -0.2) is 14.3 Å². The van der Waals surface area contributed by atoms with Gasteiger partial charge in [-0.1, -0.05) is 17.7 Å². The highest BCUT2D eigenvalue weighted by atomic mass is 16.5. The van der Waals surface area contributed by atoms with Crippen molar-refractivity contribution in [1.29, 1.82) is 0 Å². The second-order valence-corrected chi connectivity index (χ2v) is 4.78. The Balaban J connectivity index is 2.32. The van der Waals surface area contributed by atoms with Gasteiger partial charge in [-0.3, -0.25) is 4.79 Å². The maximum atomic E-state index is 12.2. The van der Waals surface area contributed by atoms with Gasteiger partial charge in [-0.15, -0.1) is 0 Å². The Morgan fingerprint density at radius 2 is 1.87 bits per heavy atom. The minimum Gasteiger partial charge on any atom is -0.461 e. The SMILES string of the molecule is CCOC(=O)c1nn(C)c(OC(=O)c2ccc(C)cc2)c1C=O.